The van der Waals surface area contributed by atoms with Gasteiger partial charge in [0.2, 0.25) is 15.9 Å². The van der Waals surface area contributed by atoms with E-state index in [0.29, 0.717) is 32.5 Å². The van der Waals surface area contributed by atoms with Crippen LogP contribution in [0.5, 0.6) is 0 Å². The summed E-state index contributed by atoms with van der Waals surface area (Å²) >= 11 is 0. The Morgan fingerprint density at radius 1 is 0.929 bits per heavy atom. The molecular formula is C21H27N3O3S. The molecule has 7 heteroatoms. The molecule has 0 N–H and O–H groups in total. The first-order valence-electron chi connectivity index (χ1n) is 9.57. The van der Waals surface area contributed by atoms with E-state index in [1.54, 1.807) is 37.4 Å². The van der Waals surface area contributed by atoms with E-state index in [1.165, 1.54) is 9.99 Å². The molecule has 1 fully saturated rings. The van der Waals surface area contributed by atoms with Gasteiger partial charge in [0.1, 0.15) is 0 Å². The Bertz CT molecular complexity index is 864. The highest BCUT2D eigenvalue weighted by Gasteiger charge is 2.23. The monoisotopic (exact) mass is 401 g/mol. The summed E-state index contributed by atoms with van der Waals surface area (Å²) in [5, 5.41) is 0. The number of anilines is 1. The average Bonchev–Trinajstić information content (AvgIpc) is 2.75. The SMILES string of the molecule is CN(CCCC(=O)N1CCN(c2ccccc2)CC1)S(=O)(=O)c1ccccc1. The molecule has 0 aliphatic carbocycles. The molecule has 1 amide bonds. The molecule has 0 saturated carbocycles. The summed E-state index contributed by atoms with van der Waals surface area (Å²) in [6.07, 6.45) is 0.875. The molecule has 0 radical (unpaired) electrons. The first kappa shape index (κ1) is 20.4. The van der Waals surface area contributed by atoms with Crippen LogP contribution in [0.2, 0.25) is 0 Å². The Hall–Kier alpha value is -2.38. The van der Waals surface area contributed by atoms with Gasteiger partial charge in [-0.15, -0.1) is 0 Å². The molecule has 2 aromatic rings. The van der Waals surface area contributed by atoms with Crippen molar-refractivity contribution in [2.45, 2.75) is 17.7 Å². The number of rotatable bonds is 7. The number of amides is 1. The van der Waals surface area contributed by atoms with E-state index >= 15 is 0 Å². The number of para-hydroxylation sites is 1. The maximum absolute atomic E-state index is 12.5. The number of sulfonamides is 1. The smallest absolute Gasteiger partial charge is 0.242 e. The molecule has 1 aliphatic rings. The van der Waals surface area contributed by atoms with Crippen LogP contribution in [0.15, 0.2) is 65.6 Å². The second-order valence-corrected chi connectivity index (χ2v) is 8.99. The van der Waals surface area contributed by atoms with Gasteiger partial charge in [0.15, 0.2) is 0 Å². The second kappa shape index (κ2) is 9.21. The number of carbonyl (C=O) groups excluding carboxylic acids is 1. The molecule has 1 saturated heterocycles. The van der Waals surface area contributed by atoms with Gasteiger partial charge in [0, 0.05) is 51.9 Å². The number of carbonyl (C=O) groups is 1. The van der Waals surface area contributed by atoms with Crippen molar-refractivity contribution in [2.75, 3.05) is 44.7 Å². The van der Waals surface area contributed by atoms with E-state index in [1.807, 2.05) is 23.1 Å². The van der Waals surface area contributed by atoms with Crippen molar-refractivity contribution in [3.8, 4) is 0 Å². The van der Waals surface area contributed by atoms with E-state index in [4.69, 9.17) is 0 Å². The largest absolute Gasteiger partial charge is 0.368 e. The Labute approximate surface area is 167 Å². The molecular weight excluding hydrogens is 374 g/mol. The van der Waals surface area contributed by atoms with Crippen molar-refractivity contribution in [1.29, 1.82) is 0 Å². The predicted octanol–water partition coefficient (Wildman–Crippen LogP) is 2.44. The number of nitrogens with zero attached hydrogens (tertiary/aromatic N) is 3. The van der Waals surface area contributed by atoms with Crippen LogP contribution < -0.4 is 4.90 Å². The topological polar surface area (TPSA) is 60.9 Å². The van der Waals surface area contributed by atoms with Gasteiger partial charge in [-0.25, -0.2) is 12.7 Å². The van der Waals surface area contributed by atoms with Crippen LogP contribution >= 0.6 is 0 Å². The van der Waals surface area contributed by atoms with Gasteiger partial charge < -0.3 is 9.80 Å². The van der Waals surface area contributed by atoms with Gasteiger partial charge in [-0.1, -0.05) is 36.4 Å². The van der Waals surface area contributed by atoms with Crippen LogP contribution in [0.3, 0.4) is 0 Å². The van der Waals surface area contributed by atoms with E-state index in [0.717, 1.165) is 13.1 Å². The normalized spacial score (nSPS) is 15.1. The highest BCUT2D eigenvalue weighted by molar-refractivity contribution is 7.89. The van der Waals surface area contributed by atoms with Crippen molar-refractivity contribution in [3.63, 3.8) is 0 Å². The van der Waals surface area contributed by atoms with Gasteiger partial charge in [-0.2, -0.15) is 0 Å². The van der Waals surface area contributed by atoms with Crippen LogP contribution in [0.4, 0.5) is 5.69 Å². The van der Waals surface area contributed by atoms with Crippen LogP contribution in [0.1, 0.15) is 12.8 Å². The molecule has 150 valence electrons. The molecule has 6 nitrogen and oxygen atoms in total. The molecule has 3 rings (SSSR count). The predicted molar refractivity (Wildman–Crippen MR) is 111 cm³/mol. The molecule has 0 spiro atoms. The zero-order valence-corrected chi connectivity index (χ0v) is 17.0. The third kappa shape index (κ3) is 4.91. The zero-order chi connectivity index (χ0) is 20.0. The number of piperazine rings is 1. The first-order valence-corrected chi connectivity index (χ1v) is 11.0. The number of hydrogen-bond acceptors (Lipinski definition) is 4. The lowest BCUT2D eigenvalue weighted by atomic mass is 10.2. The van der Waals surface area contributed by atoms with E-state index in [2.05, 4.69) is 17.0 Å². The minimum atomic E-state index is -3.50. The summed E-state index contributed by atoms with van der Waals surface area (Å²) in [4.78, 5) is 16.9. The molecule has 1 heterocycles. The Balaban J connectivity index is 1.44. The maximum atomic E-state index is 12.5. The summed E-state index contributed by atoms with van der Waals surface area (Å²) in [6, 6.07) is 18.6. The minimum absolute atomic E-state index is 0.0956. The van der Waals surface area contributed by atoms with E-state index < -0.39 is 10.0 Å². The lowest BCUT2D eigenvalue weighted by molar-refractivity contribution is -0.131. The summed E-state index contributed by atoms with van der Waals surface area (Å²) < 4.78 is 26.3. The number of hydrogen-bond donors (Lipinski definition) is 0. The van der Waals surface area contributed by atoms with Crippen LogP contribution in [0.25, 0.3) is 0 Å². The average molecular weight is 402 g/mol. The Morgan fingerprint density at radius 3 is 2.11 bits per heavy atom. The number of benzene rings is 2. The van der Waals surface area contributed by atoms with Gasteiger partial charge >= 0.3 is 0 Å². The lowest BCUT2D eigenvalue weighted by Gasteiger charge is -2.36. The highest BCUT2D eigenvalue weighted by Crippen LogP contribution is 2.17. The molecule has 2 aromatic carbocycles. The van der Waals surface area contributed by atoms with Gasteiger partial charge in [-0.3, -0.25) is 4.79 Å². The van der Waals surface area contributed by atoms with Crippen LogP contribution in [-0.4, -0.2) is 63.3 Å². The summed E-state index contributed by atoms with van der Waals surface area (Å²) in [7, 11) is -1.94. The molecule has 0 unspecified atom stereocenters. The lowest BCUT2D eigenvalue weighted by Crippen LogP contribution is -2.48. The van der Waals surface area contributed by atoms with Crippen molar-refractivity contribution >= 4 is 21.6 Å². The minimum Gasteiger partial charge on any atom is -0.368 e. The fraction of sp³-hybridized carbons (Fsp3) is 0.381. The standard InChI is InChI=1S/C21H27N3O3S/c1-22(28(26,27)20-11-6-3-7-12-20)14-8-13-21(25)24-17-15-23(16-18-24)19-9-4-2-5-10-19/h2-7,9-12H,8,13-18H2,1H3. The summed E-state index contributed by atoms with van der Waals surface area (Å²) in [5.41, 5.74) is 1.18. The second-order valence-electron chi connectivity index (χ2n) is 6.95. The van der Waals surface area contributed by atoms with Crippen molar-refractivity contribution in [2.24, 2.45) is 0 Å². The first-order chi connectivity index (χ1) is 13.5. The van der Waals surface area contributed by atoms with Gasteiger partial charge in [0.05, 0.1) is 4.90 Å². The Kier molecular flexibility index (Phi) is 6.70. The molecule has 28 heavy (non-hydrogen) atoms. The zero-order valence-electron chi connectivity index (χ0n) is 16.2. The van der Waals surface area contributed by atoms with Crippen molar-refractivity contribution < 1.29 is 13.2 Å². The molecule has 1 aliphatic heterocycles. The highest BCUT2D eigenvalue weighted by atomic mass is 32.2. The van der Waals surface area contributed by atoms with Crippen molar-refractivity contribution in [3.05, 3.63) is 60.7 Å². The fourth-order valence-corrected chi connectivity index (χ4v) is 4.59. The van der Waals surface area contributed by atoms with Gasteiger partial charge in [0.25, 0.3) is 0 Å². The summed E-state index contributed by atoms with van der Waals surface area (Å²) in [5.74, 6) is 0.0956. The third-order valence-corrected chi connectivity index (χ3v) is 6.94. The molecule has 0 aromatic heterocycles. The van der Waals surface area contributed by atoms with E-state index in [-0.39, 0.29) is 10.8 Å². The molecule has 0 bridgehead atoms. The maximum Gasteiger partial charge on any atom is 0.242 e. The summed E-state index contributed by atoms with van der Waals surface area (Å²) in [6.45, 7) is 3.36. The quantitative estimate of drug-likeness (QED) is 0.715. The van der Waals surface area contributed by atoms with Crippen LogP contribution in [-0.2, 0) is 14.8 Å². The van der Waals surface area contributed by atoms with E-state index in [9.17, 15) is 13.2 Å². The fourth-order valence-electron chi connectivity index (χ4n) is 3.36. The Morgan fingerprint density at radius 2 is 1.50 bits per heavy atom. The molecule has 0 atom stereocenters. The van der Waals surface area contributed by atoms with Crippen molar-refractivity contribution in [1.82, 2.24) is 9.21 Å². The van der Waals surface area contributed by atoms with Crippen LogP contribution in [0, 0.1) is 0 Å². The third-order valence-electron chi connectivity index (χ3n) is 5.07. The van der Waals surface area contributed by atoms with Gasteiger partial charge in [-0.05, 0) is 30.7 Å².